The maximum absolute atomic E-state index is 12.4. The van der Waals surface area contributed by atoms with E-state index in [1.165, 1.54) is 6.21 Å². The highest BCUT2D eigenvalue weighted by Crippen LogP contribution is 2.29. The van der Waals surface area contributed by atoms with Crippen LogP contribution in [-0.2, 0) is 4.79 Å². The molecule has 0 radical (unpaired) electrons. The van der Waals surface area contributed by atoms with Crippen molar-refractivity contribution in [1.82, 2.24) is 5.43 Å². The van der Waals surface area contributed by atoms with Crippen molar-refractivity contribution >= 4 is 34.0 Å². The monoisotopic (exact) mass is 524 g/mol. The zero-order valence-corrected chi connectivity index (χ0v) is 20.7. The number of hydrogen-bond acceptors (Lipinski definition) is 6. The zero-order valence-electron chi connectivity index (χ0n) is 19.1. The number of hydrogen-bond donors (Lipinski definition) is 1. The van der Waals surface area contributed by atoms with E-state index in [1.54, 1.807) is 42.5 Å². The summed E-state index contributed by atoms with van der Waals surface area (Å²) in [6, 6.07) is 17.7. The average molecular weight is 525 g/mol. The number of ether oxygens (including phenoxy) is 3. The van der Waals surface area contributed by atoms with Gasteiger partial charge >= 0.3 is 5.97 Å². The number of hydrazone groups is 1. The molecule has 0 spiro atoms. The lowest BCUT2D eigenvalue weighted by molar-refractivity contribution is -0.123. The van der Waals surface area contributed by atoms with E-state index >= 15 is 0 Å². The number of rotatable bonds is 9. The van der Waals surface area contributed by atoms with E-state index in [0.717, 1.165) is 15.6 Å². The number of amides is 1. The number of aryl methyl sites for hydroxylation is 2. The molecule has 34 heavy (non-hydrogen) atoms. The van der Waals surface area contributed by atoms with E-state index in [-0.39, 0.29) is 18.3 Å². The first-order valence-corrected chi connectivity index (χ1v) is 11.4. The molecule has 0 aliphatic carbocycles. The topological polar surface area (TPSA) is 86.2 Å². The maximum Gasteiger partial charge on any atom is 0.343 e. The third kappa shape index (κ3) is 6.92. The summed E-state index contributed by atoms with van der Waals surface area (Å²) in [5.41, 5.74) is 5.43. The molecule has 1 amide bonds. The molecule has 0 aliphatic heterocycles. The highest BCUT2D eigenvalue weighted by atomic mass is 79.9. The summed E-state index contributed by atoms with van der Waals surface area (Å²) in [6.45, 7) is 5.91. The lowest BCUT2D eigenvalue weighted by Crippen LogP contribution is -2.25. The molecule has 0 bridgehead atoms. The largest absolute Gasteiger partial charge is 0.490 e. The molecule has 8 heteroatoms. The maximum atomic E-state index is 12.4. The number of halogens is 1. The average Bonchev–Trinajstić information content (AvgIpc) is 2.81. The van der Waals surface area contributed by atoms with Crippen LogP contribution < -0.4 is 19.6 Å². The van der Waals surface area contributed by atoms with Crippen LogP contribution in [0.3, 0.4) is 0 Å². The first-order valence-electron chi connectivity index (χ1n) is 10.6. The molecule has 0 unspecified atom stereocenters. The van der Waals surface area contributed by atoms with Crippen LogP contribution in [0.4, 0.5) is 0 Å². The van der Waals surface area contributed by atoms with Gasteiger partial charge in [-0.05, 0) is 79.9 Å². The number of nitrogens with zero attached hydrogens (tertiary/aromatic N) is 1. The van der Waals surface area contributed by atoms with Crippen molar-refractivity contribution in [3.63, 3.8) is 0 Å². The molecule has 0 atom stereocenters. The molecule has 0 heterocycles. The van der Waals surface area contributed by atoms with E-state index in [0.29, 0.717) is 29.2 Å². The van der Waals surface area contributed by atoms with Crippen LogP contribution in [-0.4, -0.2) is 31.3 Å². The molecular formula is C26H25BrN2O5. The quantitative estimate of drug-likeness (QED) is 0.179. The molecular weight excluding hydrogens is 500 g/mol. The van der Waals surface area contributed by atoms with E-state index in [1.807, 2.05) is 39.0 Å². The van der Waals surface area contributed by atoms with E-state index in [4.69, 9.17) is 14.2 Å². The fourth-order valence-corrected chi connectivity index (χ4v) is 3.34. The van der Waals surface area contributed by atoms with Crippen molar-refractivity contribution in [2.75, 3.05) is 13.2 Å². The number of para-hydroxylation sites is 1. The van der Waals surface area contributed by atoms with Gasteiger partial charge in [-0.2, -0.15) is 5.10 Å². The van der Waals surface area contributed by atoms with Crippen molar-refractivity contribution < 1.29 is 23.8 Å². The molecule has 3 aromatic rings. The van der Waals surface area contributed by atoms with Gasteiger partial charge in [-0.25, -0.2) is 10.2 Å². The van der Waals surface area contributed by atoms with Crippen LogP contribution in [0.2, 0.25) is 0 Å². The summed E-state index contributed by atoms with van der Waals surface area (Å²) in [6.07, 6.45) is 1.47. The Morgan fingerprint density at radius 1 is 0.971 bits per heavy atom. The highest BCUT2D eigenvalue weighted by molar-refractivity contribution is 9.10. The summed E-state index contributed by atoms with van der Waals surface area (Å²) in [5.74, 6) is 0.491. The normalized spacial score (nSPS) is 10.7. The van der Waals surface area contributed by atoms with Gasteiger partial charge in [0.25, 0.3) is 5.91 Å². The van der Waals surface area contributed by atoms with Gasteiger partial charge in [-0.1, -0.05) is 34.1 Å². The Hall–Kier alpha value is -3.65. The number of carbonyl (C=O) groups excluding carboxylic acids is 2. The summed E-state index contributed by atoms with van der Waals surface area (Å²) < 4.78 is 17.6. The summed E-state index contributed by atoms with van der Waals surface area (Å²) in [5, 5.41) is 3.97. The standard InChI is InChI=1S/C26H25BrN2O5/c1-4-32-23-14-19(8-13-22(23)34-26(31)20-9-11-21(27)12-10-20)15-28-29-24(30)16-33-25-17(2)6-5-7-18(25)3/h5-15H,4,16H2,1-3H3,(H,29,30)/b28-15-. The minimum absolute atomic E-state index is 0.155. The molecule has 7 nitrogen and oxygen atoms in total. The zero-order chi connectivity index (χ0) is 24.5. The summed E-state index contributed by atoms with van der Waals surface area (Å²) in [7, 11) is 0. The molecule has 3 aromatic carbocycles. The van der Waals surface area contributed by atoms with Crippen molar-refractivity contribution in [1.29, 1.82) is 0 Å². The Balaban J connectivity index is 1.61. The van der Waals surface area contributed by atoms with Crippen LogP contribution in [0.1, 0.15) is 34.0 Å². The van der Waals surface area contributed by atoms with Crippen molar-refractivity contribution in [2.24, 2.45) is 5.10 Å². The number of nitrogens with one attached hydrogen (secondary N) is 1. The minimum Gasteiger partial charge on any atom is -0.490 e. The lowest BCUT2D eigenvalue weighted by Gasteiger charge is -2.11. The van der Waals surface area contributed by atoms with Crippen LogP contribution in [0.5, 0.6) is 17.2 Å². The first-order chi connectivity index (χ1) is 16.4. The second kappa shape index (κ2) is 12.0. The highest BCUT2D eigenvalue weighted by Gasteiger charge is 2.13. The van der Waals surface area contributed by atoms with Crippen LogP contribution in [0.25, 0.3) is 0 Å². The van der Waals surface area contributed by atoms with Gasteiger partial charge in [0.2, 0.25) is 0 Å². The number of esters is 1. The molecule has 0 saturated carbocycles. The Morgan fingerprint density at radius 3 is 2.35 bits per heavy atom. The molecule has 1 N–H and O–H groups in total. The first kappa shape index (κ1) is 25.0. The smallest absolute Gasteiger partial charge is 0.343 e. The number of carbonyl (C=O) groups is 2. The predicted molar refractivity (Wildman–Crippen MR) is 134 cm³/mol. The van der Waals surface area contributed by atoms with Crippen LogP contribution in [0.15, 0.2) is 70.2 Å². The van der Waals surface area contributed by atoms with Crippen molar-refractivity contribution in [2.45, 2.75) is 20.8 Å². The van der Waals surface area contributed by atoms with Crippen LogP contribution in [0, 0.1) is 13.8 Å². The van der Waals surface area contributed by atoms with Gasteiger partial charge in [0, 0.05) is 4.47 Å². The molecule has 176 valence electrons. The second-order valence-corrected chi connectivity index (χ2v) is 8.25. The van der Waals surface area contributed by atoms with E-state index < -0.39 is 5.97 Å². The Kier molecular flexibility index (Phi) is 8.81. The minimum atomic E-state index is -0.494. The third-order valence-electron chi connectivity index (χ3n) is 4.71. The molecule has 0 aromatic heterocycles. The van der Waals surface area contributed by atoms with Gasteiger partial charge in [-0.15, -0.1) is 0 Å². The Bertz CT molecular complexity index is 1170. The van der Waals surface area contributed by atoms with Crippen molar-refractivity contribution in [3.05, 3.63) is 87.4 Å². The number of benzene rings is 3. The van der Waals surface area contributed by atoms with Gasteiger partial charge < -0.3 is 14.2 Å². The Morgan fingerprint density at radius 2 is 1.68 bits per heavy atom. The fraction of sp³-hybridized carbons (Fsp3) is 0.192. The van der Waals surface area contributed by atoms with E-state index in [2.05, 4.69) is 26.5 Å². The Labute approximate surface area is 206 Å². The third-order valence-corrected chi connectivity index (χ3v) is 5.24. The van der Waals surface area contributed by atoms with Gasteiger partial charge in [0.1, 0.15) is 5.75 Å². The van der Waals surface area contributed by atoms with E-state index in [9.17, 15) is 9.59 Å². The van der Waals surface area contributed by atoms with Gasteiger partial charge in [0.05, 0.1) is 18.4 Å². The van der Waals surface area contributed by atoms with Crippen LogP contribution >= 0.6 is 15.9 Å². The van der Waals surface area contributed by atoms with Gasteiger partial charge in [0.15, 0.2) is 18.1 Å². The molecule has 0 fully saturated rings. The second-order valence-electron chi connectivity index (χ2n) is 7.34. The molecule has 0 aliphatic rings. The lowest BCUT2D eigenvalue weighted by atomic mass is 10.1. The summed E-state index contributed by atoms with van der Waals surface area (Å²) >= 11 is 3.34. The summed E-state index contributed by atoms with van der Waals surface area (Å²) in [4.78, 5) is 24.5. The molecule has 0 saturated heterocycles. The molecule has 3 rings (SSSR count). The predicted octanol–water partition coefficient (Wildman–Crippen LogP) is 5.21. The van der Waals surface area contributed by atoms with Crippen molar-refractivity contribution in [3.8, 4) is 17.2 Å². The van der Waals surface area contributed by atoms with Gasteiger partial charge in [-0.3, -0.25) is 4.79 Å². The SMILES string of the molecule is CCOc1cc(/C=N\NC(=O)COc2c(C)cccc2C)ccc1OC(=O)c1ccc(Br)cc1. The fourth-order valence-electron chi connectivity index (χ4n) is 3.08.